The van der Waals surface area contributed by atoms with E-state index in [-0.39, 0.29) is 31.8 Å². The largest absolute Gasteiger partial charge is 0.445 e. The van der Waals surface area contributed by atoms with Gasteiger partial charge in [0.25, 0.3) is 5.91 Å². The Morgan fingerprint density at radius 3 is 2.57 bits per heavy atom. The summed E-state index contributed by atoms with van der Waals surface area (Å²) < 4.78 is 20.1. The lowest BCUT2D eigenvalue weighted by molar-refractivity contribution is -0.245. The molecule has 238 valence electrons. The lowest BCUT2D eigenvalue weighted by Crippen LogP contribution is -2.42. The molecule has 3 amide bonds. The summed E-state index contributed by atoms with van der Waals surface area (Å²) in [5, 5.41) is 12.9. The van der Waals surface area contributed by atoms with Crippen molar-refractivity contribution < 1.29 is 33.7 Å². The fourth-order valence-electron chi connectivity index (χ4n) is 5.41. The maximum absolute atomic E-state index is 13.3. The molecule has 4 aromatic rings. The highest BCUT2D eigenvalue weighted by molar-refractivity contribution is 7.99. The Hall–Kier alpha value is -4.49. The van der Waals surface area contributed by atoms with Gasteiger partial charge in [-0.05, 0) is 28.8 Å². The van der Waals surface area contributed by atoms with Crippen molar-refractivity contribution in [2.75, 3.05) is 10.7 Å². The van der Waals surface area contributed by atoms with Crippen molar-refractivity contribution in [3.05, 3.63) is 114 Å². The van der Waals surface area contributed by atoms with Gasteiger partial charge in [-0.25, -0.2) is 14.7 Å². The molecule has 2 N–H and O–H groups in total. The quantitative estimate of drug-likeness (QED) is 0.185. The molecule has 4 atom stereocenters. The lowest BCUT2D eigenvalue weighted by Gasteiger charge is -2.36. The second-order valence-corrected chi connectivity index (χ2v) is 12.1. The number of hydrogen-bond donors (Lipinski definition) is 2. The number of benzene rings is 3. The molecule has 2 saturated heterocycles. The van der Waals surface area contributed by atoms with E-state index in [4.69, 9.17) is 14.2 Å². The van der Waals surface area contributed by atoms with Gasteiger partial charge >= 0.3 is 6.09 Å². The highest BCUT2D eigenvalue weighted by Gasteiger charge is 2.41. The van der Waals surface area contributed by atoms with Crippen molar-refractivity contribution >= 4 is 35.4 Å². The van der Waals surface area contributed by atoms with E-state index < -0.39 is 30.2 Å². The molecule has 3 aromatic carbocycles. The molecule has 1 unspecified atom stereocenters. The van der Waals surface area contributed by atoms with Gasteiger partial charge in [0.2, 0.25) is 5.91 Å². The van der Waals surface area contributed by atoms with Gasteiger partial charge in [0.1, 0.15) is 12.6 Å². The molecule has 0 bridgehead atoms. The lowest BCUT2D eigenvalue weighted by atomic mass is 10.0. The van der Waals surface area contributed by atoms with Crippen molar-refractivity contribution in [2.24, 2.45) is 7.05 Å². The van der Waals surface area contributed by atoms with Crippen LogP contribution < -0.4 is 10.2 Å². The zero-order valence-electron chi connectivity index (χ0n) is 25.2. The van der Waals surface area contributed by atoms with Crippen LogP contribution in [0.2, 0.25) is 0 Å². The number of amides is 3. The molecule has 12 heteroatoms. The van der Waals surface area contributed by atoms with E-state index >= 15 is 0 Å². The van der Waals surface area contributed by atoms with Crippen LogP contribution in [0.4, 0.5) is 10.5 Å². The van der Waals surface area contributed by atoms with Crippen LogP contribution in [0, 0.1) is 0 Å². The molecule has 3 heterocycles. The first-order chi connectivity index (χ1) is 22.4. The molecule has 46 heavy (non-hydrogen) atoms. The van der Waals surface area contributed by atoms with E-state index in [0.29, 0.717) is 23.4 Å². The molecule has 0 aliphatic carbocycles. The first-order valence-corrected chi connectivity index (χ1v) is 15.9. The van der Waals surface area contributed by atoms with Crippen LogP contribution >= 0.6 is 11.8 Å². The minimum atomic E-state index is -1.04. The number of aliphatic hydroxyl groups excluding tert-OH is 1. The van der Waals surface area contributed by atoms with Crippen molar-refractivity contribution in [1.82, 2.24) is 14.9 Å². The molecule has 2 fully saturated rings. The number of aliphatic hydroxyl groups is 1. The minimum absolute atomic E-state index is 0.0441. The Morgan fingerprint density at radius 1 is 1.02 bits per heavy atom. The maximum atomic E-state index is 13.3. The number of anilines is 1. The number of ether oxygens (including phenoxy) is 3. The molecular formula is C34H34N4O7S. The third kappa shape index (κ3) is 7.31. The summed E-state index contributed by atoms with van der Waals surface area (Å²) in [6.45, 7) is -0.00505. The third-order valence-corrected chi connectivity index (χ3v) is 9.03. The number of carbonyl (C=O) groups excluding carboxylic acids is 3. The Bertz CT molecular complexity index is 1680. The van der Waals surface area contributed by atoms with E-state index in [9.17, 15) is 19.5 Å². The molecule has 11 nitrogen and oxygen atoms in total. The average molecular weight is 643 g/mol. The summed E-state index contributed by atoms with van der Waals surface area (Å²) in [7, 11) is 1.94. The van der Waals surface area contributed by atoms with Crippen molar-refractivity contribution in [1.29, 1.82) is 0 Å². The van der Waals surface area contributed by atoms with Crippen molar-refractivity contribution in [3.63, 3.8) is 0 Å². The SMILES string of the molecule is Cn1ccnc1SC[C@H]1C[C@@H](c2ccc(CO)cc2)O[C@@H](c2cccc(N3C(=O)CC(NC(=O)OCc4ccccc4)C3=O)c2)O1. The Morgan fingerprint density at radius 2 is 1.83 bits per heavy atom. The second kappa shape index (κ2) is 14.3. The van der Waals surface area contributed by atoms with Crippen LogP contribution in [0.5, 0.6) is 0 Å². The van der Waals surface area contributed by atoms with E-state index in [0.717, 1.165) is 26.7 Å². The number of imide groups is 1. The number of alkyl carbamates (subject to hydrolysis) is 1. The van der Waals surface area contributed by atoms with Crippen LogP contribution in [-0.2, 0) is 44.1 Å². The van der Waals surface area contributed by atoms with Crippen molar-refractivity contribution in [2.45, 2.75) is 55.8 Å². The normalized spacial score (nSPS) is 21.4. The van der Waals surface area contributed by atoms with Crippen LogP contribution in [0.3, 0.4) is 0 Å². The Balaban J connectivity index is 1.16. The van der Waals surface area contributed by atoms with Gasteiger partial charge in [-0.3, -0.25) is 9.59 Å². The molecule has 6 rings (SSSR count). The van der Waals surface area contributed by atoms with E-state index in [1.54, 1.807) is 36.2 Å². The van der Waals surface area contributed by atoms with Gasteiger partial charge in [-0.15, -0.1) is 0 Å². The number of carbonyl (C=O) groups is 3. The van der Waals surface area contributed by atoms with E-state index in [1.165, 1.54) is 0 Å². The number of thioether (sulfide) groups is 1. The number of rotatable bonds is 10. The van der Waals surface area contributed by atoms with Gasteiger partial charge in [0, 0.05) is 37.2 Å². The molecule has 0 radical (unpaired) electrons. The molecule has 2 aliphatic heterocycles. The number of imidazole rings is 1. The smallest absolute Gasteiger partial charge is 0.408 e. The summed E-state index contributed by atoms with van der Waals surface area (Å²) in [6, 6.07) is 22.7. The predicted octanol–water partition coefficient (Wildman–Crippen LogP) is 4.81. The Kier molecular flexibility index (Phi) is 9.79. The molecule has 0 spiro atoms. The maximum Gasteiger partial charge on any atom is 0.408 e. The van der Waals surface area contributed by atoms with Gasteiger partial charge < -0.3 is 29.2 Å². The summed E-state index contributed by atoms with van der Waals surface area (Å²) >= 11 is 1.59. The fourth-order valence-corrected chi connectivity index (χ4v) is 6.36. The summed E-state index contributed by atoms with van der Waals surface area (Å²) in [5.74, 6) is -0.352. The van der Waals surface area contributed by atoms with Gasteiger partial charge in [0.05, 0.1) is 30.9 Å². The van der Waals surface area contributed by atoms with Crippen LogP contribution in [0.15, 0.2) is 96.4 Å². The summed E-state index contributed by atoms with van der Waals surface area (Å²) in [5.41, 5.74) is 3.56. The minimum Gasteiger partial charge on any atom is -0.445 e. The van der Waals surface area contributed by atoms with Gasteiger partial charge in [0.15, 0.2) is 11.4 Å². The molecular weight excluding hydrogens is 608 g/mol. The fraction of sp³-hybridized carbons (Fsp3) is 0.294. The Labute approximate surface area is 270 Å². The highest BCUT2D eigenvalue weighted by atomic mass is 32.2. The third-order valence-electron chi connectivity index (χ3n) is 7.84. The molecule has 1 aromatic heterocycles. The number of nitrogens with one attached hydrogen (secondary N) is 1. The molecule has 2 aliphatic rings. The first-order valence-electron chi connectivity index (χ1n) is 14.9. The van der Waals surface area contributed by atoms with Gasteiger partial charge in [-0.1, -0.05) is 78.5 Å². The zero-order chi connectivity index (χ0) is 32.0. The molecule has 0 saturated carbocycles. The van der Waals surface area contributed by atoms with E-state index in [1.807, 2.05) is 78.5 Å². The zero-order valence-corrected chi connectivity index (χ0v) is 26.0. The number of aryl methyl sites for hydroxylation is 1. The number of hydrogen-bond acceptors (Lipinski definition) is 9. The number of nitrogens with zero attached hydrogens (tertiary/aromatic N) is 3. The first kappa shape index (κ1) is 31.5. The van der Waals surface area contributed by atoms with Gasteiger partial charge in [-0.2, -0.15) is 0 Å². The van der Waals surface area contributed by atoms with Crippen LogP contribution in [0.25, 0.3) is 0 Å². The topological polar surface area (TPSA) is 132 Å². The predicted molar refractivity (Wildman–Crippen MR) is 169 cm³/mol. The number of aromatic nitrogens is 2. The second-order valence-electron chi connectivity index (χ2n) is 11.1. The van der Waals surface area contributed by atoms with Crippen LogP contribution in [-0.4, -0.2) is 50.5 Å². The summed E-state index contributed by atoms with van der Waals surface area (Å²) in [6.07, 6.45) is 2.01. The van der Waals surface area contributed by atoms with E-state index in [2.05, 4.69) is 10.3 Å². The standard InChI is InChI=1S/C34H34N4O7S/c1-37-15-14-35-33(37)46-21-27-17-29(24-12-10-22(19-39)11-13-24)45-32(44-27)25-8-5-9-26(16-25)38-30(40)18-28(31(38)41)36-34(42)43-20-23-6-3-2-4-7-23/h2-16,27-29,32,39H,17-21H2,1H3,(H,36,42)/t27-,28?,29+,32+/m1/s1. The van der Waals surface area contributed by atoms with Crippen LogP contribution in [0.1, 0.15) is 47.5 Å². The monoisotopic (exact) mass is 642 g/mol. The summed E-state index contributed by atoms with van der Waals surface area (Å²) in [4.78, 5) is 44.3. The highest BCUT2D eigenvalue weighted by Crippen LogP contribution is 2.40. The average Bonchev–Trinajstić information content (AvgIpc) is 3.63. The van der Waals surface area contributed by atoms with Crippen molar-refractivity contribution in [3.8, 4) is 0 Å².